The number of fused-ring (bicyclic) bond motifs is 1. The smallest absolute Gasteiger partial charge is 0.298 e. The van der Waals surface area contributed by atoms with Crippen molar-refractivity contribution in [2.45, 2.75) is 12.6 Å². The molecule has 0 aliphatic carbocycles. The fourth-order valence-corrected chi connectivity index (χ4v) is 3.52. The molecule has 0 fully saturated rings. The van der Waals surface area contributed by atoms with Gasteiger partial charge >= 0.3 is 6.18 Å². The molecule has 1 aliphatic heterocycles. The van der Waals surface area contributed by atoms with Crippen molar-refractivity contribution >= 4 is 33.8 Å². The van der Waals surface area contributed by atoms with Gasteiger partial charge in [-0.25, -0.2) is 4.98 Å². The Balaban J connectivity index is 1.72. The fourth-order valence-electron chi connectivity index (χ4n) is 2.99. The van der Waals surface area contributed by atoms with Crippen LogP contribution in [0.25, 0.3) is 0 Å². The molecule has 2 aromatic carbocycles. The molecule has 8 heteroatoms. The van der Waals surface area contributed by atoms with Crippen LogP contribution in [0.1, 0.15) is 27.0 Å². The Hall–Kier alpha value is -3.00. The van der Waals surface area contributed by atoms with Gasteiger partial charge in [-0.05, 0) is 17.7 Å². The molecule has 0 bridgehead atoms. The second-order valence-corrected chi connectivity index (χ2v) is 6.78. The lowest BCUT2D eigenvalue weighted by molar-refractivity contribution is -0.137. The number of aliphatic imine (C=N–C) groups is 1. The highest BCUT2D eigenvalue weighted by atomic mass is 32.1. The van der Waals surface area contributed by atoms with Gasteiger partial charge in [0.25, 0.3) is 5.91 Å². The normalized spacial score (nSPS) is 13.2. The molecule has 0 unspecified atom stereocenters. The number of hydrogen-bond donors (Lipinski definition) is 1. The zero-order valence-corrected chi connectivity index (χ0v) is 14.6. The number of alkyl halides is 3. The minimum absolute atomic E-state index is 0.0347. The first-order valence-corrected chi connectivity index (χ1v) is 8.88. The van der Waals surface area contributed by atoms with Crippen molar-refractivity contribution in [1.82, 2.24) is 4.98 Å². The zero-order chi connectivity index (χ0) is 19.0. The van der Waals surface area contributed by atoms with Crippen LogP contribution in [-0.2, 0) is 12.6 Å². The number of benzene rings is 2. The molecule has 136 valence electrons. The quantitative estimate of drug-likeness (QED) is 0.681. The van der Waals surface area contributed by atoms with Gasteiger partial charge in [0, 0.05) is 23.6 Å². The van der Waals surface area contributed by atoms with Crippen LogP contribution >= 0.6 is 11.3 Å². The molecular formula is C19H12F3N3OS. The van der Waals surface area contributed by atoms with Crippen molar-refractivity contribution in [2.24, 2.45) is 4.99 Å². The number of thiazole rings is 1. The second-order valence-electron chi connectivity index (χ2n) is 5.88. The number of hydrogen-bond acceptors (Lipinski definition) is 4. The van der Waals surface area contributed by atoms with Crippen LogP contribution in [0.4, 0.5) is 24.0 Å². The first kappa shape index (κ1) is 17.4. The molecule has 27 heavy (non-hydrogen) atoms. The monoisotopic (exact) mass is 387 g/mol. The van der Waals surface area contributed by atoms with E-state index in [2.05, 4.69) is 15.3 Å². The molecular weight excluding hydrogens is 375 g/mol. The number of anilines is 1. The number of carbonyl (C=O) groups excluding carboxylic acids is 1. The molecule has 0 saturated carbocycles. The highest BCUT2D eigenvalue weighted by Crippen LogP contribution is 2.37. The van der Waals surface area contributed by atoms with Gasteiger partial charge in [0.15, 0.2) is 5.13 Å². The highest BCUT2D eigenvalue weighted by Gasteiger charge is 2.35. The number of aromatic nitrogens is 1. The van der Waals surface area contributed by atoms with Gasteiger partial charge in [0.2, 0.25) is 0 Å². The lowest BCUT2D eigenvalue weighted by Crippen LogP contribution is -2.13. The summed E-state index contributed by atoms with van der Waals surface area (Å²) in [5, 5.41) is 4.86. The van der Waals surface area contributed by atoms with E-state index in [4.69, 9.17) is 0 Å². The summed E-state index contributed by atoms with van der Waals surface area (Å²) in [6.45, 7) is 0. The molecule has 1 amide bonds. The Morgan fingerprint density at radius 3 is 2.67 bits per heavy atom. The standard InChI is InChI=1S/C19H12F3N3OS/c20-19(21,22)14-7-2-1-5-12(14)15-10-11-4-3-6-13(16(11)24-15)17(26)25-18-23-8-9-27-18/h1-9H,10H2,(H,23,25,26). The van der Waals surface area contributed by atoms with E-state index in [0.717, 1.165) is 6.07 Å². The Morgan fingerprint density at radius 2 is 1.93 bits per heavy atom. The predicted molar refractivity (Wildman–Crippen MR) is 97.9 cm³/mol. The van der Waals surface area contributed by atoms with Gasteiger partial charge in [-0.15, -0.1) is 11.3 Å². The molecule has 1 aromatic heterocycles. The van der Waals surface area contributed by atoms with E-state index in [1.165, 1.54) is 23.5 Å². The summed E-state index contributed by atoms with van der Waals surface area (Å²) in [7, 11) is 0. The van der Waals surface area contributed by atoms with Gasteiger partial charge < -0.3 is 0 Å². The van der Waals surface area contributed by atoms with E-state index in [1.54, 1.807) is 35.8 Å². The first-order chi connectivity index (χ1) is 12.9. The lowest BCUT2D eigenvalue weighted by atomic mass is 9.98. The predicted octanol–water partition coefficient (Wildman–Crippen LogP) is 5.09. The minimum atomic E-state index is -4.47. The van der Waals surface area contributed by atoms with Crippen LogP contribution < -0.4 is 5.32 Å². The Morgan fingerprint density at radius 1 is 1.11 bits per heavy atom. The number of rotatable bonds is 3. The van der Waals surface area contributed by atoms with Gasteiger partial charge in [-0.1, -0.05) is 30.3 Å². The molecule has 4 rings (SSSR count). The third kappa shape index (κ3) is 3.35. The summed E-state index contributed by atoms with van der Waals surface area (Å²) >= 11 is 1.28. The zero-order valence-electron chi connectivity index (χ0n) is 13.7. The molecule has 1 N–H and O–H groups in total. The summed E-state index contributed by atoms with van der Waals surface area (Å²) < 4.78 is 40.0. The fraction of sp³-hybridized carbons (Fsp3) is 0.105. The van der Waals surface area contributed by atoms with Crippen LogP contribution in [0.5, 0.6) is 0 Å². The summed E-state index contributed by atoms with van der Waals surface area (Å²) in [6, 6.07) is 10.4. The van der Waals surface area contributed by atoms with Crippen LogP contribution in [0.3, 0.4) is 0 Å². The molecule has 2 heterocycles. The van der Waals surface area contributed by atoms with E-state index in [9.17, 15) is 18.0 Å². The maximum Gasteiger partial charge on any atom is 0.417 e. The van der Waals surface area contributed by atoms with Crippen molar-refractivity contribution in [3.8, 4) is 0 Å². The van der Waals surface area contributed by atoms with Gasteiger partial charge in [0.05, 0.1) is 22.5 Å². The second kappa shape index (κ2) is 6.62. The maximum atomic E-state index is 13.3. The molecule has 4 nitrogen and oxygen atoms in total. The van der Waals surface area contributed by atoms with E-state index in [-0.39, 0.29) is 12.0 Å². The topological polar surface area (TPSA) is 54.4 Å². The number of amides is 1. The van der Waals surface area contributed by atoms with Crippen molar-refractivity contribution < 1.29 is 18.0 Å². The maximum absolute atomic E-state index is 13.3. The largest absolute Gasteiger partial charge is 0.417 e. The Labute approximate surface area is 156 Å². The van der Waals surface area contributed by atoms with Gasteiger partial charge in [-0.3, -0.25) is 15.1 Å². The SMILES string of the molecule is O=C(Nc1nccs1)c1cccc2c1N=C(c1ccccc1C(F)(F)F)C2. The number of halogens is 3. The first-order valence-electron chi connectivity index (χ1n) is 8.00. The third-order valence-corrected chi connectivity index (χ3v) is 4.85. The van der Waals surface area contributed by atoms with Gasteiger partial charge in [-0.2, -0.15) is 13.2 Å². The molecule has 1 aliphatic rings. The van der Waals surface area contributed by atoms with E-state index in [1.807, 2.05) is 0 Å². The number of nitrogens with zero attached hydrogens (tertiary/aromatic N) is 2. The number of nitrogens with one attached hydrogen (secondary N) is 1. The lowest BCUT2D eigenvalue weighted by Gasteiger charge is -2.12. The molecule has 0 atom stereocenters. The molecule has 0 spiro atoms. The van der Waals surface area contributed by atoms with Gasteiger partial charge in [0.1, 0.15) is 0 Å². The van der Waals surface area contributed by atoms with E-state index >= 15 is 0 Å². The summed E-state index contributed by atoms with van der Waals surface area (Å²) in [5.74, 6) is -0.393. The molecule has 0 saturated heterocycles. The summed E-state index contributed by atoms with van der Waals surface area (Å²) in [5.41, 5.74) is 1.03. The van der Waals surface area contributed by atoms with Crippen LogP contribution in [0, 0.1) is 0 Å². The average molecular weight is 387 g/mol. The number of carbonyl (C=O) groups is 1. The van der Waals surface area contributed by atoms with E-state index in [0.29, 0.717) is 27.7 Å². The average Bonchev–Trinajstić information content (AvgIpc) is 3.29. The molecule has 3 aromatic rings. The van der Waals surface area contributed by atoms with Crippen molar-refractivity contribution in [1.29, 1.82) is 0 Å². The van der Waals surface area contributed by atoms with Crippen LogP contribution in [0.2, 0.25) is 0 Å². The van der Waals surface area contributed by atoms with Crippen molar-refractivity contribution in [2.75, 3.05) is 5.32 Å². The minimum Gasteiger partial charge on any atom is -0.298 e. The third-order valence-electron chi connectivity index (χ3n) is 4.17. The summed E-state index contributed by atoms with van der Waals surface area (Å²) in [6.07, 6.45) is -2.67. The number of para-hydroxylation sites is 1. The van der Waals surface area contributed by atoms with Crippen LogP contribution in [-0.4, -0.2) is 16.6 Å². The highest BCUT2D eigenvalue weighted by molar-refractivity contribution is 7.13. The van der Waals surface area contributed by atoms with Crippen molar-refractivity contribution in [3.63, 3.8) is 0 Å². The Bertz CT molecular complexity index is 1040. The van der Waals surface area contributed by atoms with Crippen LogP contribution in [0.15, 0.2) is 59.0 Å². The summed E-state index contributed by atoms with van der Waals surface area (Å²) in [4.78, 5) is 20.9. The molecule has 0 radical (unpaired) electrons. The van der Waals surface area contributed by atoms with E-state index < -0.39 is 17.6 Å². The Kier molecular flexibility index (Phi) is 4.27. The van der Waals surface area contributed by atoms with Crippen molar-refractivity contribution in [3.05, 3.63) is 76.3 Å².